The first-order valence-corrected chi connectivity index (χ1v) is 6.79. The molecule has 0 saturated carbocycles. The van der Waals surface area contributed by atoms with Crippen molar-refractivity contribution in [1.29, 1.82) is 0 Å². The minimum absolute atomic E-state index is 0.418. The summed E-state index contributed by atoms with van der Waals surface area (Å²) in [5.41, 5.74) is 0.171. The number of hydrogen-bond acceptors (Lipinski definition) is 2. The molecule has 5 heteroatoms. The fourth-order valence-electron chi connectivity index (χ4n) is 1.94. The first-order chi connectivity index (χ1) is 9.43. The lowest BCUT2D eigenvalue weighted by atomic mass is 9.99. The van der Waals surface area contributed by atoms with Gasteiger partial charge in [0.25, 0.3) is 0 Å². The van der Waals surface area contributed by atoms with Crippen molar-refractivity contribution in [3.8, 4) is 0 Å². The summed E-state index contributed by atoms with van der Waals surface area (Å²) in [6, 6.07) is 5.57. The Hall–Kier alpha value is -1.07. The molecule has 0 aromatic heterocycles. The van der Waals surface area contributed by atoms with Gasteiger partial charge in [0, 0.05) is 13.7 Å². The molecule has 0 fully saturated rings. The minimum Gasteiger partial charge on any atom is -0.383 e. The monoisotopic (exact) mass is 289 g/mol. The van der Waals surface area contributed by atoms with Crippen molar-refractivity contribution >= 4 is 0 Å². The van der Waals surface area contributed by atoms with E-state index in [1.54, 1.807) is 13.2 Å². The Morgan fingerprint density at radius 1 is 1.30 bits per heavy atom. The molecule has 0 saturated heterocycles. The van der Waals surface area contributed by atoms with Gasteiger partial charge in [-0.2, -0.15) is 13.2 Å². The van der Waals surface area contributed by atoms with E-state index in [1.807, 2.05) is 0 Å². The lowest BCUT2D eigenvalue weighted by molar-refractivity contribution is -0.137. The van der Waals surface area contributed by atoms with Crippen molar-refractivity contribution in [2.45, 2.75) is 25.9 Å². The van der Waals surface area contributed by atoms with E-state index in [9.17, 15) is 13.2 Å². The molecule has 114 valence electrons. The van der Waals surface area contributed by atoms with Gasteiger partial charge >= 0.3 is 6.18 Å². The number of halogens is 3. The molecule has 0 aliphatic rings. The zero-order valence-corrected chi connectivity index (χ0v) is 12.0. The third-order valence-corrected chi connectivity index (χ3v) is 3.16. The average molecular weight is 289 g/mol. The van der Waals surface area contributed by atoms with Gasteiger partial charge in [0.1, 0.15) is 0 Å². The van der Waals surface area contributed by atoms with Crippen LogP contribution in [0.3, 0.4) is 0 Å². The second-order valence-electron chi connectivity index (χ2n) is 5.04. The van der Waals surface area contributed by atoms with E-state index < -0.39 is 11.7 Å². The SMILES string of the molecule is COCCNCC(C)CCc1cccc(C(F)(F)F)c1. The molecule has 0 aliphatic carbocycles. The number of aryl methyl sites for hydroxylation is 1. The van der Waals surface area contributed by atoms with Gasteiger partial charge in [-0.15, -0.1) is 0 Å². The molecule has 0 amide bonds. The van der Waals surface area contributed by atoms with Gasteiger partial charge < -0.3 is 10.1 Å². The molecule has 1 rings (SSSR count). The van der Waals surface area contributed by atoms with Gasteiger partial charge in [0.2, 0.25) is 0 Å². The number of methoxy groups -OCH3 is 1. The second kappa shape index (κ2) is 8.27. The van der Waals surface area contributed by atoms with Crippen LogP contribution in [0, 0.1) is 5.92 Å². The molecule has 0 radical (unpaired) electrons. The Morgan fingerprint density at radius 3 is 2.70 bits per heavy atom. The molecule has 20 heavy (non-hydrogen) atoms. The molecule has 0 heterocycles. The molecule has 1 aromatic carbocycles. The van der Waals surface area contributed by atoms with Gasteiger partial charge in [-0.1, -0.05) is 25.1 Å². The number of nitrogens with one attached hydrogen (secondary N) is 1. The molecule has 2 nitrogen and oxygen atoms in total. The van der Waals surface area contributed by atoms with E-state index in [0.29, 0.717) is 18.9 Å². The fourth-order valence-corrected chi connectivity index (χ4v) is 1.94. The summed E-state index contributed by atoms with van der Waals surface area (Å²) in [7, 11) is 1.65. The summed E-state index contributed by atoms with van der Waals surface area (Å²) in [4.78, 5) is 0. The van der Waals surface area contributed by atoms with Crippen LogP contribution < -0.4 is 5.32 Å². The van der Waals surface area contributed by atoms with Crippen LogP contribution in [-0.2, 0) is 17.3 Å². The van der Waals surface area contributed by atoms with Crippen LogP contribution in [0.25, 0.3) is 0 Å². The largest absolute Gasteiger partial charge is 0.416 e. The Kier molecular flexibility index (Phi) is 7.02. The zero-order chi connectivity index (χ0) is 15.0. The van der Waals surface area contributed by atoms with E-state index in [0.717, 1.165) is 31.1 Å². The van der Waals surface area contributed by atoms with Gasteiger partial charge in [0.15, 0.2) is 0 Å². The van der Waals surface area contributed by atoms with Crippen LogP contribution >= 0.6 is 0 Å². The van der Waals surface area contributed by atoms with Crippen LogP contribution in [0.2, 0.25) is 0 Å². The molecular weight excluding hydrogens is 267 g/mol. The summed E-state index contributed by atoms with van der Waals surface area (Å²) in [6.45, 7) is 4.40. The average Bonchev–Trinajstić information content (AvgIpc) is 2.41. The van der Waals surface area contributed by atoms with Gasteiger partial charge in [-0.05, 0) is 36.9 Å². The van der Waals surface area contributed by atoms with E-state index in [4.69, 9.17) is 4.74 Å². The molecule has 1 N–H and O–H groups in total. The predicted octanol–water partition coefficient (Wildman–Crippen LogP) is 3.51. The predicted molar refractivity (Wildman–Crippen MR) is 73.7 cm³/mol. The molecule has 0 aliphatic heterocycles. The number of alkyl halides is 3. The second-order valence-corrected chi connectivity index (χ2v) is 5.04. The van der Waals surface area contributed by atoms with Crippen LogP contribution in [0.1, 0.15) is 24.5 Å². The fraction of sp³-hybridized carbons (Fsp3) is 0.600. The maximum Gasteiger partial charge on any atom is 0.416 e. The molecule has 1 atom stereocenters. The maximum absolute atomic E-state index is 12.6. The van der Waals surface area contributed by atoms with Crippen LogP contribution in [0.5, 0.6) is 0 Å². The lowest BCUT2D eigenvalue weighted by Gasteiger charge is -2.13. The Balaban J connectivity index is 2.38. The minimum atomic E-state index is -4.26. The molecule has 1 unspecified atom stereocenters. The summed E-state index contributed by atoms with van der Waals surface area (Å²) < 4.78 is 42.7. The molecule has 0 bridgehead atoms. The van der Waals surface area contributed by atoms with Crippen molar-refractivity contribution in [1.82, 2.24) is 5.32 Å². The van der Waals surface area contributed by atoms with Crippen LogP contribution in [-0.4, -0.2) is 26.8 Å². The number of hydrogen-bond donors (Lipinski definition) is 1. The highest BCUT2D eigenvalue weighted by molar-refractivity contribution is 5.25. The highest BCUT2D eigenvalue weighted by atomic mass is 19.4. The molecule has 1 aromatic rings. The van der Waals surface area contributed by atoms with Crippen LogP contribution in [0.4, 0.5) is 13.2 Å². The van der Waals surface area contributed by atoms with Crippen molar-refractivity contribution in [2.75, 3.05) is 26.8 Å². The van der Waals surface area contributed by atoms with E-state index in [1.165, 1.54) is 12.1 Å². The Bertz CT molecular complexity index is 393. The van der Waals surface area contributed by atoms with Crippen molar-refractivity contribution in [3.05, 3.63) is 35.4 Å². The lowest BCUT2D eigenvalue weighted by Crippen LogP contribution is -2.25. The Morgan fingerprint density at radius 2 is 2.05 bits per heavy atom. The zero-order valence-electron chi connectivity index (χ0n) is 12.0. The maximum atomic E-state index is 12.6. The quantitative estimate of drug-likeness (QED) is 0.739. The van der Waals surface area contributed by atoms with E-state index in [-0.39, 0.29) is 0 Å². The van der Waals surface area contributed by atoms with Gasteiger partial charge in [0.05, 0.1) is 12.2 Å². The number of ether oxygens (including phenoxy) is 1. The number of benzene rings is 1. The highest BCUT2D eigenvalue weighted by Gasteiger charge is 2.30. The first-order valence-electron chi connectivity index (χ1n) is 6.79. The summed E-state index contributed by atoms with van der Waals surface area (Å²) in [5, 5.41) is 3.25. The first kappa shape index (κ1) is 17.0. The smallest absolute Gasteiger partial charge is 0.383 e. The van der Waals surface area contributed by atoms with Crippen LogP contribution in [0.15, 0.2) is 24.3 Å². The summed E-state index contributed by atoms with van der Waals surface area (Å²) in [6.07, 6.45) is -2.73. The van der Waals surface area contributed by atoms with E-state index in [2.05, 4.69) is 12.2 Å². The number of rotatable bonds is 8. The van der Waals surface area contributed by atoms with Crippen molar-refractivity contribution < 1.29 is 17.9 Å². The third kappa shape index (κ3) is 6.39. The van der Waals surface area contributed by atoms with Crippen molar-refractivity contribution in [3.63, 3.8) is 0 Å². The standard InChI is InChI=1S/C15H22F3NO/c1-12(11-19-8-9-20-2)6-7-13-4-3-5-14(10-13)15(16,17)18/h3-5,10,12,19H,6-9,11H2,1-2H3. The van der Waals surface area contributed by atoms with Gasteiger partial charge in [-0.25, -0.2) is 0 Å². The topological polar surface area (TPSA) is 21.3 Å². The third-order valence-electron chi connectivity index (χ3n) is 3.16. The van der Waals surface area contributed by atoms with Crippen molar-refractivity contribution in [2.24, 2.45) is 5.92 Å². The van der Waals surface area contributed by atoms with Gasteiger partial charge in [-0.3, -0.25) is 0 Å². The Labute approximate surface area is 118 Å². The highest BCUT2D eigenvalue weighted by Crippen LogP contribution is 2.29. The summed E-state index contributed by atoms with van der Waals surface area (Å²) in [5.74, 6) is 0.418. The molecular formula is C15H22F3NO. The van der Waals surface area contributed by atoms with E-state index >= 15 is 0 Å². The summed E-state index contributed by atoms with van der Waals surface area (Å²) >= 11 is 0. The normalized spacial score (nSPS) is 13.4. The molecule has 0 spiro atoms.